The van der Waals surface area contributed by atoms with Crippen LogP contribution in [0.5, 0.6) is 0 Å². The monoisotopic (exact) mass is 210 g/mol. The van der Waals surface area contributed by atoms with Gasteiger partial charge in [-0.25, -0.2) is 4.39 Å². The highest BCUT2D eigenvalue weighted by molar-refractivity contribution is 7.80. The van der Waals surface area contributed by atoms with Crippen molar-refractivity contribution in [3.63, 3.8) is 0 Å². The summed E-state index contributed by atoms with van der Waals surface area (Å²) in [5.74, 6) is -0.169. The largest absolute Gasteiger partial charge is 0.362 e. The molecule has 1 aliphatic heterocycles. The molecule has 0 saturated heterocycles. The number of thiol groups is 1. The molecule has 0 amide bonds. The molecular formula is C10H11FN2S. The first-order valence-corrected chi connectivity index (χ1v) is 4.90. The summed E-state index contributed by atoms with van der Waals surface area (Å²) >= 11 is 4.18. The highest BCUT2D eigenvalue weighted by Crippen LogP contribution is 2.13. The molecule has 1 unspecified atom stereocenters. The van der Waals surface area contributed by atoms with E-state index in [0.29, 0.717) is 12.0 Å². The molecule has 0 spiro atoms. The highest BCUT2D eigenvalue weighted by atomic mass is 32.1. The van der Waals surface area contributed by atoms with E-state index in [1.54, 1.807) is 12.1 Å². The van der Waals surface area contributed by atoms with E-state index in [-0.39, 0.29) is 11.3 Å². The van der Waals surface area contributed by atoms with Crippen molar-refractivity contribution in [3.8, 4) is 0 Å². The van der Waals surface area contributed by atoms with Crippen LogP contribution in [0.3, 0.4) is 0 Å². The van der Waals surface area contributed by atoms with Crippen LogP contribution in [0.1, 0.15) is 5.56 Å². The van der Waals surface area contributed by atoms with Gasteiger partial charge in [0.05, 0.1) is 0 Å². The van der Waals surface area contributed by atoms with Crippen molar-refractivity contribution >= 4 is 12.6 Å². The van der Waals surface area contributed by atoms with Gasteiger partial charge in [-0.1, -0.05) is 18.2 Å². The number of allylic oxidation sites excluding steroid dienone is 1. The summed E-state index contributed by atoms with van der Waals surface area (Å²) in [7, 11) is 0. The van der Waals surface area contributed by atoms with Gasteiger partial charge in [0.2, 0.25) is 0 Å². The maximum Gasteiger partial charge on any atom is 0.142 e. The zero-order valence-electron chi connectivity index (χ0n) is 7.50. The summed E-state index contributed by atoms with van der Waals surface area (Å²) in [5, 5.41) is 6.05. The van der Waals surface area contributed by atoms with Crippen LogP contribution in [0.15, 0.2) is 36.2 Å². The fourth-order valence-corrected chi connectivity index (χ4v) is 1.63. The molecule has 0 bridgehead atoms. The molecule has 1 aromatic rings. The van der Waals surface area contributed by atoms with E-state index in [4.69, 9.17) is 0 Å². The molecule has 1 aromatic carbocycles. The number of hydrogen-bond donors (Lipinski definition) is 3. The van der Waals surface area contributed by atoms with Crippen molar-refractivity contribution in [1.82, 2.24) is 10.6 Å². The lowest BCUT2D eigenvalue weighted by molar-refractivity contribution is 0.611. The molecule has 2 N–H and O–H groups in total. The van der Waals surface area contributed by atoms with Gasteiger partial charge in [-0.05, 0) is 11.6 Å². The van der Waals surface area contributed by atoms with Crippen molar-refractivity contribution < 1.29 is 4.39 Å². The summed E-state index contributed by atoms with van der Waals surface area (Å²) in [4.78, 5) is 0. The fraction of sp³-hybridized carbons (Fsp3) is 0.200. The second-order valence-corrected chi connectivity index (χ2v) is 3.67. The third-order valence-corrected chi connectivity index (χ3v) is 2.35. The maximum atomic E-state index is 13.2. The van der Waals surface area contributed by atoms with Crippen LogP contribution in [0.4, 0.5) is 4.39 Å². The Morgan fingerprint density at radius 1 is 1.36 bits per heavy atom. The maximum absolute atomic E-state index is 13.2. The van der Waals surface area contributed by atoms with Crippen molar-refractivity contribution in [2.45, 2.75) is 11.9 Å². The van der Waals surface area contributed by atoms with E-state index in [2.05, 4.69) is 23.3 Å². The Morgan fingerprint density at radius 3 is 2.79 bits per heavy atom. The zero-order valence-corrected chi connectivity index (χ0v) is 8.39. The van der Waals surface area contributed by atoms with Crippen molar-refractivity contribution in [3.05, 3.63) is 47.5 Å². The van der Waals surface area contributed by atoms with Crippen LogP contribution in [-0.4, -0.2) is 5.50 Å². The van der Waals surface area contributed by atoms with Crippen LogP contribution < -0.4 is 10.6 Å². The Balaban J connectivity index is 2.08. The Morgan fingerprint density at radius 2 is 2.14 bits per heavy atom. The highest BCUT2D eigenvalue weighted by Gasteiger charge is 2.12. The standard InChI is InChI=1S/C10H11FN2S/c11-9-4-2-1-3-7(9)5-8-6-12-10(14)13-8/h1-4,6,10,12-14H,5H2. The number of hydrogen-bond acceptors (Lipinski definition) is 3. The first-order valence-electron chi connectivity index (χ1n) is 4.39. The lowest BCUT2D eigenvalue weighted by Crippen LogP contribution is -2.25. The number of nitrogens with one attached hydrogen (secondary N) is 2. The smallest absolute Gasteiger partial charge is 0.142 e. The number of benzene rings is 1. The molecular weight excluding hydrogens is 199 g/mol. The van der Waals surface area contributed by atoms with E-state index in [0.717, 1.165) is 5.70 Å². The summed E-state index contributed by atoms with van der Waals surface area (Å²) in [6, 6.07) is 6.77. The van der Waals surface area contributed by atoms with Crippen molar-refractivity contribution in [1.29, 1.82) is 0 Å². The second kappa shape index (κ2) is 3.92. The van der Waals surface area contributed by atoms with Gasteiger partial charge >= 0.3 is 0 Å². The first kappa shape index (κ1) is 9.40. The molecule has 1 atom stereocenters. The third kappa shape index (κ3) is 2.01. The van der Waals surface area contributed by atoms with E-state index in [1.807, 2.05) is 12.3 Å². The molecule has 0 aromatic heterocycles. The van der Waals surface area contributed by atoms with Gasteiger partial charge in [0, 0.05) is 18.3 Å². The number of halogens is 1. The van der Waals surface area contributed by atoms with Crippen LogP contribution in [0.25, 0.3) is 0 Å². The fourth-order valence-electron chi connectivity index (χ4n) is 1.39. The van der Waals surface area contributed by atoms with Gasteiger partial charge < -0.3 is 10.6 Å². The first-order chi connectivity index (χ1) is 6.75. The van der Waals surface area contributed by atoms with Gasteiger partial charge in [-0.2, -0.15) is 0 Å². The average Bonchev–Trinajstić information content (AvgIpc) is 2.56. The van der Waals surface area contributed by atoms with E-state index in [1.165, 1.54) is 6.07 Å². The summed E-state index contributed by atoms with van der Waals surface area (Å²) in [6.07, 6.45) is 2.39. The Labute approximate surface area is 87.6 Å². The lowest BCUT2D eigenvalue weighted by atomic mass is 10.1. The minimum atomic E-state index is -0.169. The van der Waals surface area contributed by atoms with E-state index in [9.17, 15) is 4.39 Å². The van der Waals surface area contributed by atoms with Gasteiger partial charge in [0.1, 0.15) is 11.3 Å². The molecule has 1 heterocycles. The molecule has 0 aliphatic carbocycles. The Bertz CT molecular complexity index is 365. The predicted molar refractivity (Wildman–Crippen MR) is 57.2 cm³/mol. The lowest BCUT2D eigenvalue weighted by Gasteiger charge is -2.07. The molecule has 14 heavy (non-hydrogen) atoms. The summed E-state index contributed by atoms with van der Waals surface area (Å²) in [5.41, 5.74) is 1.59. The van der Waals surface area contributed by atoms with Crippen LogP contribution >= 0.6 is 12.6 Å². The molecule has 2 nitrogen and oxygen atoms in total. The Kier molecular flexibility index (Phi) is 2.63. The SMILES string of the molecule is Fc1ccccc1CC1=CNC(S)N1. The molecule has 0 saturated carbocycles. The van der Waals surface area contributed by atoms with E-state index < -0.39 is 0 Å². The van der Waals surface area contributed by atoms with Gasteiger partial charge in [-0.15, -0.1) is 12.6 Å². The van der Waals surface area contributed by atoms with Gasteiger partial charge in [-0.3, -0.25) is 0 Å². The number of rotatable bonds is 2. The normalized spacial score (nSPS) is 19.9. The third-order valence-electron chi connectivity index (χ3n) is 2.08. The minimum absolute atomic E-state index is 0.0585. The molecule has 2 rings (SSSR count). The topological polar surface area (TPSA) is 24.1 Å². The second-order valence-electron chi connectivity index (χ2n) is 3.15. The van der Waals surface area contributed by atoms with Crippen LogP contribution in [0.2, 0.25) is 0 Å². The van der Waals surface area contributed by atoms with Crippen LogP contribution in [0, 0.1) is 5.82 Å². The van der Waals surface area contributed by atoms with Crippen LogP contribution in [-0.2, 0) is 6.42 Å². The Hall–Kier alpha value is -1.16. The van der Waals surface area contributed by atoms with Gasteiger partial charge in [0.25, 0.3) is 0 Å². The minimum Gasteiger partial charge on any atom is -0.362 e. The van der Waals surface area contributed by atoms with E-state index >= 15 is 0 Å². The molecule has 1 aliphatic rings. The molecule has 4 heteroatoms. The summed E-state index contributed by atoms with van der Waals surface area (Å²) < 4.78 is 13.2. The zero-order chi connectivity index (χ0) is 9.97. The predicted octanol–water partition coefficient (Wildman–Crippen LogP) is 1.62. The van der Waals surface area contributed by atoms with Crippen molar-refractivity contribution in [2.24, 2.45) is 0 Å². The van der Waals surface area contributed by atoms with Crippen molar-refractivity contribution in [2.75, 3.05) is 0 Å². The molecule has 0 radical (unpaired) electrons. The summed E-state index contributed by atoms with van der Waals surface area (Å²) in [6.45, 7) is 0. The quantitative estimate of drug-likeness (QED) is 0.646. The van der Waals surface area contributed by atoms with Gasteiger partial charge in [0.15, 0.2) is 0 Å². The molecule has 74 valence electrons. The molecule has 0 fully saturated rings. The average molecular weight is 210 g/mol.